The van der Waals surface area contributed by atoms with Gasteiger partial charge in [0.1, 0.15) is 11.4 Å². The molecule has 3 N–H and O–H groups in total. The highest BCUT2D eigenvalue weighted by atomic mass is 16.5. The smallest absolute Gasteiger partial charge is 0.323 e. The molecule has 3 aromatic rings. The first-order chi connectivity index (χ1) is 12.2. The summed E-state index contributed by atoms with van der Waals surface area (Å²) in [6.07, 6.45) is 6.18. The Morgan fingerprint density at radius 3 is 2.64 bits per heavy atom. The number of para-hydroxylation sites is 1. The Morgan fingerprint density at radius 1 is 1.08 bits per heavy atom. The Labute approximate surface area is 143 Å². The summed E-state index contributed by atoms with van der Waals surface area (Å²) < 4.78 is 10.5. The number of ether oxygens (including phenoxy) is 2. The molecule has 9 nitrogen and oxygen atoms in total. The number of carbonyl (C=O) groups is 1. The van der Waals surface area contributed by atoms with Gasteiger partial charge in [-0.15, -0.1) is 0 Å². The highest BCUT2D eigenvalue weighted by Gasteiger charge is 2.15. The number of aromatic amines is 1. The van der Waals surface area contributed by atoms with E-state index in [2.05, 4.69) is 30.8 Å². The Kier molecular flexibility index (Phi) is 4.74. The summed E-state index contributed by atoms with van der Waals surface area (Å²) in [5.41, 5.74) is 2.07. The topological polar surface area (TPSA) is 114 Å². The standard InChI is InChI=1S/C16H16N6O3/c1-24-13-5-3-4-10(15(13)25-2)20-16(23)21-12-9-19-22-14(12)11-8-17-6-7-18-11/h3-9H,1-2H3,(H,19,22)(H2,20,21,23). The van der Waals surface area contributed by atoms with E-state index in [9.17, 15) is 4.79 Å². The molecule has 25 heavy (non-hydrogen) atoms. The zero-order chi connectivity index (χ0) is 17.6. The highest BCUT2D eigenvalue weighted by Crippen LogP contribution is 2.34. The van der Waals surface area contributed by atoms with Crippen molar-refractivity contribution in [2.75, 3.05) is 24.9 Å². The van der Waals surface area contributed by atoms with Gasteiger partial charge >= 0.3 is 6.03 Å². The summed E-state index contributed by atoms with van der Waals surface area (Å²) in [5, 5.41) is 12.2. The molecule has 0 aliphatic carbocycles. The van der Waals surface area contributed by atoms with Gasteiger partial charge in [-0.05, 0) is 12.1 Å². The van der Waals surface area contributed by atoms with E-state index in [1.807, 2.05) is 0 Å². The number of anilines is 2. The van der Waals surface area contributed by atoms with Crippen LogP contribution in [-0.4, -0.2) is 40.4 Å². The van der Waals surface area contributed by atoms with Crippen molar-refractivity contribution in [2.45, 2.75) is 0 Å². The van der Waals surface area contributed by atoms with Crippen LogP contribution in [-0.2, 0) is 0 Å². The third kappa shape index (κ3) is 3.50. The summed E-state index contributed by atoms with van der Waals surface area (Å²) in [6, 6.07) is 4.74. The number of rotatable bonds is 5. The number of nitrogens with zero attached hydrogens (tertiary/aromatic N) is 3. The van der Waals surface area contributed by atoms with Crippen LogP contribution in [0, 0.1) is 0 Å². The first kappa shape index (κ1) is 16.2. The zero-order valence-corrected chi connectivity index (χ0v) is 13.6. The minimum atomic E-state index is -0.460. The van der Waals surface area contributed by atoms with Crippen molar-refractivity contribution in [3.63, 3.8) is 0 Å². The van der Waals surface area contributed by atoms with Gasteiger partial charge in [0.2, 0.25) is 0 Å². The normalized spacial score (nSPS) is 10.2. The van der Waals surface area contributed by atoms with Crippen molar-refractivity contribution in [1.29, 1.82) is 0 Å². The van der Waals surface area contributed by atoms with E-state index >= 15 is 0 Å². The molecule has 2 amide bonds. The molecule has 0 bridgehead atoms. The molecule has 9 heteroatoms. The minimum Gasteiger partial charge on any atom is -0.493 e. The summed E-state index contributed by atoms with van der Waals surface area (Å²) in [7, 11) is 3.03. The predicted octanol–water partition coefficient (Wildman–Crippen LogP) is 2.53. The minimum absolute atomic E-state index is 0.432. The van der Waals surface area contributed by atoms with E-state index in [0.717, 1.165) is 0 Å². The lowest BCUT2D eigenvalue weighted by atomic mass is 10.2. The Morgan fingerprint density at radius 2 is 1.92 bits per heavy atom. The average Bonchev–Trinajstić information content (AvgIpc) is 3.10. The molecule has 0 saturated carbocycles. The summed E-state index contributed by atoms with van der Waals surface area (Å²) in [6.45, 7) is 0. The van der Waals surface area contributed by atoms with E-state index in [4.69, 9.17) is 9.47 Å². The molecule has 3 rings (SSSR count). The monoisotopic (exact) mass is 340 g/mol. The lowest BCUT2D eigenvalue weighted by Gasteiger charge is -2.13. The van der Waals surface area contributed by atoms with E-state index in [0.29, 0.717) is 34.3 Å². The van der Waals surface area contributed by atoms with Crippen molar-refractivity contribution in [1.82, 2.24) is 20.2 Å². The molecule has 2 aromatic heterocycles. The summed E-state index contributed by atoms with van der Waals surface area (Å²) in [4.78, 5) is 20.5. The number of methoxy groups -OCH3 is 2. The predicted molar refractivity (Wildman–Crippen MR) is 91.8 cm³/mol. The van der Waals surface area contributed by atoms with Crippen LogP contribution in [0.5, 0.6) is 11.5 Å². The lowest BCUT2D eigenvalue weighted by Crippen LogP contribution is -2.20. The number of benzene rings is 1. The van der Waals surface area contributed by atoms with Crippen LogP contribution in [0.2, 0.25) is 0 Å². The van der Waals surface area contributed by atoms with Gasteiger partial charge in [0, 0.05) is 12.4 Å². The zero-order valence-electron chi connectivity index (χ0n) is 13.6. The van der Waals surface area contributed by atoms with E-state index in [-0.39, 0.29) is 0 Å². The average molecular weight is 340 g/mol. The van der Waals surface area contributed by atoms with E-state index in [1.165, 1.54) is 20.4 Å². The molecule has 0 saturated heterocycles. The Balaban J connectivity index is 1.78. The fourth-order valence-electron chi connectivity index (χ4n) is 2.27. The maximum absolute atomic E-state index is 12.3. The number of carbonyl (C=O) groups excluding carboxylic acids is 1. The number of hydrogen-bond donors (Lipinski definition) is 3. The van der Waals surface area contributed by atoms with E-state index < -0.39 is 6.03 Å². The van der Waals surface area contributed by atoms with Crippen molar-refractivity contribution >= 4 is 17.4 Å². The Hall–Kier alpha value is -3.62. The fraction of sp³-hybridized carbons (Fsp3) is 0.125. The first-order valence-electron chi connectivity index (χ1n) is 7.31. The van der Waals surface area contributed by atoms with Gasteiger partial charge in [-0.2, -0.15) is 5.10 Å². The molecule has 0 radical (unpaired) electrons. The third-order valence-corrected chi connectivity index (χ3v) is 3.36. The van der Waals surface area contributed by atoms with Gasteiger partial charge in [-0.25, -0.2) is 4.79 Å². The van der Waals surface area contributed by atoms with Gasteiger partial charge in [0.25, 0.3) is 0 Å². The van der Waals surface area contributed by atoms with Crippen molar-refractivity contribution in [3.8, 4) is 22.9 Å². The number of nitrogens with one attached hydrogen (secondary N) is 3. The number of hydrogen-bond acceptors (Lipinski definition) is 6. The van der Waals surface area contributed by atoms with Crippen LogP contribution in [0.25, 0.3) is 11.4 Å². The molecule has 1 aromatic carbocycles. The van der Waals surface area contributed by atoms with E-state index in [1.54, 1.807) is 36.8 Å². The van der Waals surface area contributed by atoms with Crippen molar-refractivity contribution in [2.24, 2.45) is 0 Å². The van der Waals surface area contributed by atoms with Crippen LogP contribution in [0.3, 0.4) is 0 Å². The van der Waals surface area contributed by atoms with Gasteiger partial charge < -0.3 is 20.1 Å². The van der Waals surface area contributed by atoms with Gasteiger partial charge in [-0.3, -0.25) is 15.1 Å². The molecule has 128 valence electrons. The Bertz CT molecular complexity index is 865. The third-order valence-electron chi connectivity index (χ3n) is 3.36. The lowest BCUT2D eigenvalue weighted by molar-refractivity contribution is 0.262. The van der Waals surface area contributed by atoms with Gasteiger partial charge in [0.05, 0.1) is 38.0 Å². The molecule has 0 aliphatic heterocycles. The quantitative estimate of drug-likeness (QED) is 0.657. The van der Waals surface area contributed by atoms with Crippen LogP contribution < -0.4 is 20.1 Å². The maximum atomic E-state index is 12.3. The second kappa shape index (κ2) is 7.30. The first-order valence-corrected chi connectivity index (χ1v) is 7.31. The summed E-state index contributed by atoms with van der Waals surface area (Å²) in [5.74, 6) is 0.949. The van der Waals surface area contributed by atoms with Crippen LogP contribution in [0.4, 0.5) is 16.2 Å². The molecule has 0 spiro atoms. The number of H-pyrrole nitrogens is 1. The number of amides is 2. The van der Waals surface area contributed by atoms with Gasteiger partial charge in [-0.1, -0.05) is 6.07 Å². The van der Waals surface area contributed by atoms with Crippen LogP contribution in [0.1, 0.15) is 0 Å². The fourth-order valence-corrected chi connectivity index (χ4v) is 2.27. The summed E-state index contributed by atoms with van der Waals surface area (Å²) >= 11 is 0. The number of urea groups is 1. The van der Waals surface area contributed by atoms with Gasteiger partial charge in [0.15, 0.2) is 11.5 Å². The molecular weight excluding hydrogens is 324 g/mol. The molecule has 0 fully saturated rings. The van der Waals surface area contributed by atoms with Crippen LogP contribution >= 0.6 is 0 Å². The molecule has 0 unspecified atom stereocenters. The van der Waals surface area contributed by atoms with Crippen molar-refractivity contribution in [3.05, 3.63) is 43.0 Å². The maximum Gasteiger partial charge on any atom is 0.323 e. The second-order valence-electron chi connectivity index (χ2n) is 4.87. The SMILES string of the molecule is COc1cccc(NC(=O)Nc2cn[nH]c2-c2cnccn2)c1OC. The molecule has 0 atom stereocenters. The number of aromatic nitrogens is 4. The molecule has 0 aliphatic rings. The highest BCUT2D eigenvalue weighted by molar-refractivity contribution is 6.02. The molecular formula is C16H16N6O3. The second-order valence-corrected chi connectivity index (χ2v) is 4.87. The molecule has 2 heterocycles. The van der Waals surface area contributed by atoms with Crippen LogP contribution in [0.15, 0.2) is 43.0 Å². The largest absolute Gasteiger partial charge is 0.493 e. The van der Waals surface area contributed by atoms with Crippen molar-refractivity contribution < 1.29 is 14.3 Å².